The van der Waals surface area contributed by atoms with Crippen molar-refractivity contribution in [1.82, 2.24) is 9.62 Å². The Morgan fingerprint density at radius 1 is 1.14 bits per heavy atom. The lowest BCUT2D eigenvalue weighted by molar-refractivity contribution is -0.244. The maximum atomic E-state index is 12.3. The van der Waals surface area contributed by atoms with Gasteiger partial charge in [0, 0.05) is 26.6 Å². The first kappa shape index (κ1) is 26.9. The molecule has 0 spiro atoms. The highest BCUT2D eigenvalue weighted by Gasteiger charge is 2.46. The molecule has 0 aliphatic carbocycles. The molecule has 0 unspecified atom stereocenters. The van der Waals surface area contributed by atoms with E-state index in [1.165, 1.54) is 21.0 Å². The Balaban J connectivity index is 1.99. The molecule has 1 heterocycles. The van der Waals surface area contributed by atoms with Crippen molar-refractivity contribution in [3.05, 3.63) is 48.0 Å². The summed E-state index contributed by atoms with van der Waals surface area (Å²) in [6.07, 6.45) is -5.25. The summed E-state index contributed by atoms with van der Waals surface area (Å²) in [5.74, 6) is -0.135. The van der Waals surface area contributed by atoms with Crippen LogP contribution in [0.3, 0.4) is 0 Å². The van der Waals surface area contributed by atoms with Gasteiger partial charge in [-0.15, -0.1) is 0 Å². The van der Waals surface area contributed by atoms with Gasteiger partial charge in [-0.05, 0) is 36.2 Å². The van der Waals surface area contributed by atoms with Crippen molar-refractivity contribution in [2.24, 2.45) is 0 Å². The molecule has 1 amide bonds. The Hall–Kier alpha value is -2.74. The smallest absolute Gasteiger partial charge is 0.301 e. The number of rotatable bonds is 8. The van der Waals surface area contributed by atoms with Crippen molar-refractivity contribution in [1.29, 1.82) is 0 Å². The normalized spacial score (nSPS) is 24.7. The van der Waals surface area contributed by atoms with Crippen LogP contribution >= 0.6 is 0 Å². The van der Waals surface area contributed by atoms with Crippen molar-refractivity contribution in [2.45, 2.75) is 44.5 Å². The fourth-order valence-corrected chi connectivity index (χ4v) is 4.39. The number of anilines is 1. The summed E-state index contributed by atoms with van der Waals surface area (Å²) >= 11 is 0. The largest absolute Gasteiger partial charge is 0.462 e. The topological polar surface area (TPSA) is 158 Å². The molecule has 1 fully saturated rings. The van der Waals surface area contributed by atoms with E-state index >= 15 is 0 Å². The monoisotopic (exact) mass is 509 g/mol. The van der Waals surface area contributed by atoms with E-state index in [-0.39, 0.29) is 0 Å². The lowest BCUT2D eigenvalue weighted by Gasteiger charge is -2.42. The number of ether oxygens (including phenoxy) is 2. The number of nitrogens with zero attached hydrogens (tertiary/aromatic N) is 1. The summed E-state index contributed by atoms with van der Waals surface area (Å²) in [7, 11) is -0.882. The van der Waals surface area contributed by atoms with Gasteiger partial charge in [0.2, 0.25) is 12.2 Å². The van der Waals surface area contributed by atoms with Gasteiger partial charge >= 0.3 is 10.2 Å². The summed E-state index contributed by atoms with van der Waals surface area (Å²) in [5, 5.41) is 32.9. The molecule has 5 N–H and O–H groups in total. The van der Waals surface area contributed by atoms with Crippen LogP contribution in [0.1, 0.15) is 12.5 Å². The van der Waals surface area contributed by atoms with E-state index < -0.39 is 53.4 Å². The molecular formula is C23H31N3O8S. The summed E-state index contributed by atoms with van der Waals surface area (Å²) in [5.41, 5.74) is 2.42. The zero-order valence-electron chi connectivity index (χ0n) is 19.9. The Labute approximate surface area is 204 Å². The zero-order valence-corrected chi connectivity index (χ0v) is 20.7. The van der Waals surface area contributed by atoms with Gasteiger partial charge in [-0.2, -0.15) is 12.7 Å². The zero-order chi connectivity index (χ0) is 25.9. The molecule has 1 aliphatic heterocycles. The lowest BCUT2D eigenvalue weighted by Crippen LogP contribution is -2.65. The highest BCUT2D eigenvalue weighted by Crippen LogP contribution is 2.36. The van der Waals surface area contributed by atoms with Crippen LogP contribution in [0.5, 0.6) is 5.75 Å². The summed E-state index contributed by atoms with van der Waals surface area (Å²) in [4.78, 5) is 11.7. The Morgan fingerprint density at radius 3 is 2.46 bits per heavy atom. The molecule has 5 atom stereocenters. The van der Waals surface area contributed by atoms with Crippen LogP contribution in [0.4, 0.5) is 5.69 Å². The minimum absolute atomic E-state index is 0.332. The summed E-state index contributed by atoms with van der Waals surface area (Å²) < 4.78 is 39.9. The molecule has 2 aromatic carbocycles. The summed E-state index contributed by atoms with van der Waals surface area (Å²) in [6, 6.07) is 10.9. The van der Waals surface area contributed by atoms with Gasteiger partial charge in [0.15, 0.2) is 0 Å². The molecule has 0 bridgehead atoms. The number of hydrogen-bond acceptors (Lipinski definition) is 8. The van der Waals surface area contributed by atoms with Gasteiger partial charge in [-0.3, -0.25) is 9.52 Å². The van der Waals surface area contributed by atoms with Crippen LogP contribution in [0.2, 0.25) is 0 Å². The van der Waals surface area contributed by atoms with Gasteiger partial charge in [0.05, 0.1) is 12.3 Å². The summed E-state index contributed by atoms with van der Waals surface area (Å²) in [6.45, 7) is 2.54. The number of amides is 1. The molecule has 192 valence electrons. The van der Waals surface area contributed by atoms with Crippen LogP contribution in [0, 0.1) is 6.92 Å². The first-order valence-electron chi connectivity index (χ1n) is 10.9. The number of aryl methyl sites for hydroxylation is 1. The van der Waals surface area contributed by atoms with Crippen molar-refractivity contribution in [2.75, 3.05) is 25.4 Å². The number of benzene rings is 2. The number of nitrogens with one attached hydrogen (secondary N) is 2. The highest BCUT2D eigenvalue weighted by atomic mass is 32.2. The number of aliphatic hydroxyl groups excluding tert-OH is 3. The quantitative estimate of drug-likeness (QED) is 0.338. The third-order valence-electron chi connectivity index (χ3n) is 5.61. The highest BCUT2D eigenvalue weighted by molar-refractivity contribution is 7.90. The van der Waals surface area contributed by atoms with Crippen molar-refractivity contribution in [3.8, 4) is 16.9 Å². The first-order valence-corrected chi connectivity index (χ1v) is 12.3. The molecule has 12 heteroatoms. The van der Waals surface area contributed by atoms with Gasteiger partial charge in [0.1, 0.15) is 30.1 Å². The number of hydrogen-bond donors (Lipinski definition) is 5. The van der Waals surface area contributed by atoms with Gasteiger partial charge in [-0.25, -0.2) is 0 Å². The Bertz CT molecular complexity index is 1160. The van der Waals surface area contributed by atoms with Crippen molar-refractivity contribution >= 4 is 21.8 Å². The fourth-order valence-electron chi connectivity index (χ4n) is 3.78. The van der Waals surface area contributed by atoms with Crippen LogP contribution in [-0.2, 0) is 19.7 Å². The standard InChI is InChI=1S/C23H31N3O8S/c1-13-7-5-10-17(19(13)15-8-6-9-16(11-15)25-35(31,32)26(3)4)33-23-20(24-14(2)28)22(30)21(29)18(12-27)34-23/h5-11,18,20-23,25,27,29-30H,12H2,1-4H3,(H,24,28)/t18-,20-,21+,22-,23-/m1/s1. The number of carbonyl (C=O) groups excluding carboxylic acids is 1. The molecule has 0 saturated carbocycles. The fraction of sp³-hybridized carbons (Fsp3) is 0.435. The number of carbonyl (C=O) groups is 1. The van der Waals surface area contributed by atoms with Crippen LogP contribution < -0.4 is 14.8 Å². The van der Waals surface area contributed by atoms with Crippen LogP contribution in [-0.4, -0.2) is 85.3 Å². The predicted molar refractivity (Wildman–Crippen MR) is 129 cm³/mol. The van der Waals surface area contributed by atoms with E-state index in [1.54, 1.807) is 36.4 Å². The molecule has 0 radical (unpaired) electrons. The van der Waals surface area contributed by atoms with Crippen LogP contribution in [0.25, 0.3) is 11.1 Å². The second-order valence-electron chi connectivity index (χ2n) is 8.47. The molecule has 0 aromatic heterocycles. The van der Waals surface area contributed by atoms with Gasteiger partial charge in [-0.1, -0.05) is 24.3 Å². The number of aliphatic hydroxyl groups is 3. The van der Waals surface area contributed by atoms with E-state index in [9.17, 15) is 28.5 Å². The Morgan fingerprint density at radius 2 is 1.83 bits per heavy atom. The SMILES string of the molecule is CC(=O)N[C@H]1[C@H](Oc2cccc(C)c2-c2cccc(NS(=O)(=O)N(C)C)c2)O[C@H](CO)[C@H](O)[C@@H]1O. The molecule has 2 aromatic rings. The van der Waals surface area contributed by atoms with E-state index in [1.807, 2.05) is 13.0 Å². The third-order valence-corrected chi connectivity index (χ3v) is 7.06. The average Bonchev–Trinajstić information content (AvgIpc) is 2.78. The van der Waals surface area contributed by atoms with E-state index in [0.29, 0.717) is 22.6 Å². The van der Waals surface area contributed by atoms with Gasteiger partial charge < -0.3 is 30.1 Å². The molecule has 3 rings (SSSR count). The molecule has 35 heavy (non-hydrogen) atoms. The van der Waals surface area contributed by atoms with Crippen molar-refractivity contribution in [3.63, 3.8) is 0 Å². The first-order chi connectivity index (χ1) is 16.4. The Kier molecular flexibility index (Phi) is 8.36. The van der Waals surface area contributed by atoms with E-state index in [0.717, 1.165) is 9.87 Å². The molecule has 1 saturated heterocycles. The van der Waals surface area contributed by atoms with Crippen LogP contribution in [0.15, 0.2) is 42.5 Å². The minimum atomic E-state index is -3.72. The average molecular weight is 510 g/mol. The maximum Gasteiger partial charge on any atom is 0.301 e. The lowest BCUT2D eigenvalue weighted by atomic mass is 9.96. The minimum Gasteiger partial charge on any atom is -0.462 e. The molecule has 11 nitrogen and oxygen atoms in total. The van der Waals surface area contributed by atoms with E-state index in [4.69, 9.17) is 9.47 Å². The second kappa shape index (κ2) is 10.9. The van der Waals surface area contributed by atoms with Crippen molar-refractivity contribution < 1.29 is 38.0 Å². The van der Waals surface area contributed by atoms with Gasteiger partial charge in [0.25, 0.3) is 0 Å². The van der Waals surface area contributed by atoms with E-state index in [2.05, 4.69) is 10.0 Å². The maximum absolute atomic E-state index is 12.3. The second-order valence-corrected chi connectivity index (χ2v) is 10.4. The third kappa shape index (κ3) is 6.10. The predicted octanol–water partition coefficient (Wildman–Crippen LogP) is 0.203. The molecular weight excluding hydrogens is 478 g/mol. The molecule has 1 aliphatic rings.